The molecule has 7 heteroatoms. The summed E-state index contributed by atoms with van der Waals surface area (Å²) in [6.45, 7) is 0. The van der Waals surface area contributed by atoms with Crippen LogP contribution in [0.15, 0.2) is 96.3 Å². The molecule has 0 unspecified atom stereocenters. The molecule has 6 rings (SSSR count). The fraction of sp³-hybridized carbons (Fsp3) is 0.290. The number of non-ortho nitro benzene ring substituents is 1. The van der Waals surface area contributed by atoms with Gasteiger partial charge < -0.3 is 9.84 Å². The number of rotatable bonds is 4. The number of fused-ring (bicyclic) bond motifs is 1. The van der Waals surface area contributed by atoms with E-state index in [0.29, 0.717) is 23.3 Å². The second-order valence-corrected chi connectivity index (χ2v) is 10.5. The van der Waals surface area contributed by atoms with E-state index in [1.165, 1.54) is 12.1 Å². The lowest BCUT2D eigenvalue weighted by Crippen LogP contribution is -2.56. The van der Waals surface area contributed by atoms with Crippen molar-refractivity contribution >= 4 is 17.3 Å². The van der Waals surface area contributed by atoms with Gasteiger partial charge in [0.15, 0.2) is 5.78 Å². The van der Waals surface area contributed by atoms with E-state index in [4.69, 9.17) is 4.74 Å². The smallest absolute Gasteiger partial charge is 0.269 e. The van der Waals surface area contributed by atoms with Crippen LogP contribution in [0.3, 0.4) is 0 Å². The van der Waals surface area contributed by atoms with E-state index >= 15 is 0 Å². The summed E-state index contributed by atoms with van der Waals surface area (Å²) in [5, 5.41) is 23.6. The molecule has 0 aromatic heterocycles. The Bertz CT molecular complexity index is 1450. The molecule has 2 aliphatic carbocycles. The lowest BCUT2D eigenvalue weighted by Gasteiger charge is -2.50. The highest BCUT2D eigenvalue weighted by Crippen LogP contribution is 2.56. The summed E-state index contributed by atoms with van der Waals surface area (Å²) in [6.07, 6.45) is 1.01. The molecular formula is C31H27NO6. The minimum Gasteiger partial charge on any atom is -0.466 e. The van der Waals surface area contributed by atoms with E-state index in [0.717, 1.165) is 11.1 Å². The Morgan fingerprint density at radius 2 is 1.45 bits per heavy atom. The number of Topliss-reactive ketones (excluding diaryl/α,β-unsaturated/α-hetero) is 2. The second-order valence-electron chi connectivity index (χ2n) is 10.5. The standard InChI is InChI=1S/C31H27NO6/c33-25-15-22(19-8-3-1-4-9-19)17-27-29(25)28(21-12-7-13-24(14-21)32(36)37)30-26(34)16-23(18-31(30,35)38-27)20-10-5-2-6-11-20/h1-14,22-23,28,30,35H,15-18H2/t22-,23-,28-,30+,31-/m0/s1. The first-order valence-electron chi connectivity index (χ1n) is 12.9. The Hall–Kier alpha value is -4.10. The van der Waals surface area contributed by atoms with Crippen molar-refractivity contribution in [1.29, 1.82) is 0 Å². The number of nitro benzene ring substituents is 1. The zero-order valence-electron chi connectivity index (χ0n) is 20.7. The largest absolute Gasteiger partial charge is 0.466 e. The van der Waals surface area contributed by atoms with Crippen molar-refractivity contribution in [1.82, 2.24) is 0 Å². The number of allylic oxidation sites excluding steroid dienone is 2. The molecule has 192 valence electrons. The first-order chi connectivity index (χ1) is 18.3. The molecule has 0 amide bonds. The third-order valence-corrected chi connectivity index (χ3v) is 8.21. The van der Waals surface area contributed by atoms with Crippen molar-refractivity contribution < 1.29 is 24.4 Å². The van der Waals surface area contributed by atoms with Crippen molar-refractivity contribution in [2.75, 3.05) is 0 Å². The number of hydrogen-bond donors (Lipinski definition) is 1. The first kappa shape index (κ1) is 24.2. The number of carbonyl (C=O) groups is 2. The zero-order valence-corrected chi connectivity index (χ0v) is 20.7. The van der Waals surface area contributed by atoms with Crippen LogP contribution in [0.4, 0.5) is 5.69 Å². The predicted octanol–water partition coefficient (Wildman–Crippen LogP) is 5.56. The molecule has 38 heavy (non-hydrogen) atoms. The van der Waals surface area contributed by atoms with Crippen LogP contribution in [0.2, 0.25) is 0 Å². The number of aliphatic hydroxyl groups is 1. The SMILES string of the molecule is O=C1C[C@H](c2ccccc2)CC2=C1[C@H](c1cccc([N+](=O)[O-])c1)[C@H]1C(=O)C[C@H](c3ccccc3)C[C@]1(O)O2. The van der Waals surface area contributed by atoms with Gasteiger partial charge in [-0.05, 0) is 28.5 Å². The predicted molar refractivity (Wildman–Crippen MR) is 139 cm³/mol. The molecule has 0 radical (unpaired) electrons. The summed E-state index contributed by atoms with van der Waals surface area (Å²) in [5.74, 6) is -4.07. The van der Waals surface area contributed by atoms with Gasteiger partial charge in [0.1, 0.15) is 11.5 Å². The fourth-order valence-electron chi connectivity index (χ4n) is 6.56. The van der Waals surface area contributed by atoms with Crippen LogP contribution < -0.4 is 0 Å². The summed E-state index contributed by atoms with van der Waals surface area (Å²) >= 11 is 0. The lowest BCUT2D eigenvalue weighted by atomic mass is 9.62. The molecule has 7 nitrogen and oxygen atoms in total. The van der Waals surface area contributed by atoms with E-state index in [1.807, 2.05) is 60.7 Å². The van der Waals surface area contributed by atoms with Crippen LogP contribution in [-0.4, -0.2) is 27.4 Å². The molecule has 3 aromatic carbocycles. The van der Waals surface area contributed by atoms with E-state index in [-0.39, 0.29) is 48.4 Å². The molecule has 0 saturated heterocycles. The van der Waals surface area contributed by atoms with Gasteiger partial charge in [0, 0.05) is 49.3 Å². The van der Waals surface area contributed by atoms with Gasteiger partial charge in [-0.25, -0.2) is 0 Å². The Morgan fingerprint density at radius 1 is 0.816 bits per heavy atom. The Balaban J connectivity index is 1.48. The molecule has 1 heterocycles. The van der Waals surface area contributed by atoms with Crippen molar-refractivity contribution in [3.63, 3.8) is 0 Å². The van der Waals surface area contributed by atoms with E-state index in [9.17, 15) is 24.8 Å². The summed E-state index contributed by atoms with van der Waals surface area (Å²) < 4.78 is 6.32. The maximum absolute atomic E-state index is 13.8. The van der Waals surface area contributed by atoms with Crippen molar-refractivity contribution in [2.45, 2.75) is 49.2 Å². The van der Waals surface area contributed by atoms with Gasteiger partial charge in [-0.15, -0.1) is 0 Å². The molecule has 1 aliphatic heterocycles. The van der Waals surface area contributed by atoms with Crippen molar-refractivity contribution in [3.8, 4) is 0 Å². The molecule has 3 aliphatic rings. The van der Waals surface area contributed by atoms with Crippen LogP contribution in [0, 0.1) is 16.0 Å². The highest BCUT2D eigenvalue weighted by atomic mass is 16.6. The summed E-state index contributed by atoms with van der Waals surface area (Å²) in [7, 11) is 0. The third kappa shape index (κ3) is 4.13. The first-order valence-corrected chi connectivity index (χ1v) is 12.9. The van der Waals surface area contributed by atoms with Gasteiger partial charge in [-0.1, -0.05) is 72.8 Å². The summed E-state index contributed by atoms with van der Waals surface area (Å²) in [4.78, 5) is 38.6. The quantitative estimate of drug-likeness (QED) is 0.364. The third-order valence-electron chi connectivity index (χ3n) is 8.21. The number of carbonyl (C=O) groups excluding carboxylic acids is 2. The molecule has 1 saturated carbocycles. The van der Waals surface area contributed by atoms with Crippen molar-refractivity contribution in [3.05, 3.63) is 123 Å². The number of ether oxygens (including phenoxy) is 1. The highest BCUT2D eigenvalue weighted by molar-refractivity contribution is 6.01. The van der Waals surface area contributed by atoms with E-state index < -0.39 is 22.5 Å². The second kappa shape index (κ2) is 9.33. The summed E-state index contributed by atoms with van der Waals surface area (Å²) in [5.41, 5.74) is 2.63. The van der Waals surface area contributed by atoms with E-state index in [1.54, 1.807) is 12.1 Å². The zero-order chi connectivity index (χ0) is 26.4. The fourth-order valence-corrected chi connectivity index (χ4v) is 6.56. The Morgan fingerprint density at radius 3 is 2.11 bits per heavy atom. The van der Waals surface area contributed by atoms with Crippen molar-refractivity contribution in [2.24, 2.45) is 5.92 Å². The number of nitro groups is 1. The number of ketones is 2. The number of benzene rings is 3. The van der Waals surface area contributed by atoms with Crippen LogP contribution in [0.25, 0.3) is 0 Å². The molecule has 0 bridgehead atoms. The maximum Gasteiger partial charge on any atom is 0.269 e. The van der Waals surface area contributed by atoms with Gasteiger partial charge in [0.2, 0.25) is 5.79 Å². The van der Waals surface area contributed by atoms with Crippen LogP contribution in [0.1, 0.15) is 60.1 Å². The molecule has 3 aromatic rings. The number of hydrogen-bond acceptors (Lipinski definition) is 6. The molecule has 5 atom stereocenters. The minimum absolute atomic E-state index is 0.127. The van der Waals surface area contributed by atoms with Crippen LogP contribution in [-0.2, 0) is 14.3 Å². The van der Waals surface area contributed by atoms with E-state index in [2.05, 4.69) is 0 Å². The van der Waals surface area contributed by atoms with Gasteiger partial charge in [-0.3, -0.25) is 19.7 Å². The van der Waals surface area contributed by atoms with Gasteiger partial charge in [0.05, 0.1) is 10.8 Å². The average molecular weight is 510 g/mol. The maximum atomic E-state index is 13.8. The molecule has 0 spiro atoms. The molecular weight excluding hydrogens is 482 g/mol. The molecule has 1 fully saturated rings. The normalized spacial score (nSPS) is 28.8. The van der Waals surface area contributed by atoms with Gasteiger partial charge in [0.25, 0.3) is 5.69 Å². The number of nitrogens with zero attached hydrogens (tertiary/aromatic N) is 1. The van der Waals surface area contributed by atoms with Gasteiger partial charge in [-0.2, -0.15) is 0 Å². The van der Waals surface area contributed by atoms with Crippen LogP contribution >= 0.6 is 0 Å². The van der Waals surface area contributed by atoms with Crippen LogP contribution in [0.5, 0.6) is 0 Å². The summed E-state index contributed by atoms with van der Waals surface area (Å²) in [6, 6.07) is 25.3. The lowest BCUT2D eigenvalue weighted by molar-refractivity contribution is -0.385. The average Bonchev–Trinajstić information content (AvgIpc) is 2.92. The minimum atomic E-state index is -1.84. The van der Waals surface area contributed by atoms with Gasteiger partial charge >= 0.3 is 0 Å². The molecule has 1 N–H and O–H groups in total. The Labute approximate surface area is 219 Å². The highest BCUT2D eigenvalue weighted by Gasteiger charge is 2.59. The monoisotopic (exact) mass is 509 g/mol. The topological polar surface area (TPSA) is 107 Å². The Kier molecular flexibility index (Phi) is 5.95.